The maximum atomic E-state index is 11.6. The fourth-order valence-electron chi connectivity index (χ4n) is 3.40. The molecule has 0 heterocycles. The van der Waals surface area contributed by atoms with Crippen molar-refractivity contribution in [3.63, 3.8) is 0 Å². The van der Waals surface area contributed by atoms with Gasteiger partial charge in [-0.3, -0.25) is 8.42 Å². The van der Waals surface area contributed by atoms with E-state index in [1.165, 1.54) is 4.86 Å². The molecule has 0 aromatic rings. The van der Waals surface area contributed by atoms with E-state index in [2.05, 4.69) is 104 Å². The van der Waals surface area contributed by atoms with E-state index in [0.29, 0.717) is 5.41 Å². The molecule has 256 valence electrons. The third-order valence-corrected chi connectivity index (χ3v) is 11.9. The highest BCUT2D eigenvalue weighted by Gasteiger charge is 2.30. The van der Waals surface area contributed by atoms with E-state index in [9.17, 15) is 8.42 Å². The quantitative estimate of drug-likeness (QED) is 0.274. The maximum Gasteiger partial charge on any atom is 0.0380 e. The van der Waals surface area contributed by atoms with E-state index in [-0.39, 0.29) is 35.9 Å². The first-order chi connectivity index (χ1) is 17.6. The molecule has 1 atom stereocenters. The summed E-state index contributed by atoms with van der Waals surface area (Å²) in [5.41, 5.74) is 1.06. The Morgan fingerprint density at radius 2 is 0.738 bits per heavy atom. The molecule has 0 amide bonds. The summed E-state index contributed by atoms with van der Waals surface area (Å²) >= 11 is 10.7. The first-order valence-corrected chi connectivity index (χ1v) is 18.7. The second-order valence-corrected chi connectivity index (χ2v) is 26.0. The molecule has 0 aromatic carbocycles. The van der Waals surface area contributed by atoms with Gasteiger partial charge in [-0.15, -0.1) is 0 Å². The van der Waals surface area contributed by atoms with Gasteiger partial charge in [-0.05, 0) is 101 Å². The Morgan fingerprint density at radius 3 is 0.786 bits per heavy atom. The summed E-state index contributed by atoms with van der Waals surface area (Å²) in [5, 5.41) is 0. The summed E-state index contributed by atoms with van der Waals surface area (Å²) in [7, 11) is -1.46. The lowest BCUT2D eigenvalue weighted by Crippen LogP contribution is -2.35. The van der Waals surface area contributed by atoms with Gasteiger partial charge in [0.25, 0.3) is 0 Å². The molecule has 1 unspecified atom stereocenters. The maximum absolute atomic E-state index is 11.6. The van der Waals surface area contributed by atoms with Crippen molar-refractivity contribution in [3.8, 4) is 0 Å². The van der Waals surface area contributed by atoms with Gasteiger partial charge in [0.2, 0.25) is 0 Å². The highest BCUT2D eigenvalue weighted by atomic mass is 32.2. The Bertz CT molecular complexity index is 751. The van der Waals surface area contributed by atoms with Gasteiger partial charge in [-0.1, -0.05) is 128 Å². The van der Waals surface area contributed by atoms with Crippen molar-refractivity contribution in [2.75, 3.05) is 5.75 Å². The summed E-state index contributed by atoms with van der Waals surface area (Å²) in [6.45, 7) is 50.7. The fraction of sp³-hybridized carbons (Fsp3) is 0.944. The average Bonchev–Trinajstić information content (AvgIpc) is 2.61. The fourth-order valence-corrected chi connectivity index (χ4v) is 6.89. The molecule has 0 aliphatic carbocycles. The molecule has 0 aliphatic heterocycles. The Morgan fingerprint density at radius 1 is 0.452 bits per heavy atom. The standard InChI is InChI=1S/C10H20S.C9H20OS.C9H18S.C8H18OS/c1-9(2,3)7-8(11)10(4,5)6;1-8(2,3)7-11(10)9(4,5)6;1-8(2,3)7(10)9(4,5)6;1-7(2,3)10(9)8(4,5)6/h2*7H2,1-6H3;2*1-6H3. The Kier molecular flexibility index (Phi) is 20.5. The van der Waals surface area contributed by atoms with Gasteiger partial charge in [0.05, 0.1) is 0 Å². The van der Waals surface area contributed by atoms with Gasteiger partial charge in [-0.2, -0.15) is 0 Å². The van der Waals surface area contributed by atoms with Gasteiger partial charge in [0.15, 0.2) is 0 Å². The van der Waals surface area contributed by atoms with Crippen molar-refractivity contribution in [1.82, 2.24) is 0 Å². The van der Waals surface area contributed by atoms with E-state index in [1.54, 1.807) is 0 Å². The predicted octanol–water partition coefficient (Wildman–Crippen LogP) is 12.2. The molecule has 0 aliphatic rings. The van der Waals surface area contributed by atoms with Crippen LogP contribution >= 0.6 is 24.4 Å². The van der Waals surface area contributed by atoms with Crippen LogP contribution in [0.4, 0.5) is 0 Å². The molecule has 42 heavy (non-hydrogen) atoms. The molecule has 0 aromatic heterocycles. The monoisotopic (exact) mass is 668 g/mol. The third-order valence-electron chi connectivity index (χ3n) is 5.25. The molecular formula is C36H76O2S4. The molecule has 0 spiro atoms. The number of rotatable bonds is 2. The molecule has 0 fully saturated rings. The average molecular weight is 669 g/mol. The van der Waals surface area contributed by atoms with E-state index < -0.39 is 21.6 Å². The van der Waals surface area contributed by atoms with Crippen molar-refractivity contribution in [3.05, 3.63) is 0 Å². The van der Waals surface area contributed by atoms with Gasteiger partial charge >= 0.3 is 0 Å². The Hall–Kier alpha value is 0.480. The summed E-state index contributed by atoms with van der Waals surface area (Å²) < 4.78 is 23.0. The SMILES string of the molecule is CC(C)(C)C(=S)C(C)(C)C.CC(C)(C)CC(=S)C(C)(C)C.CC(C)(C)CS(=O)C(C)(C)C.CC(C)(C)S(=O)C(C)(C)C. The number of hydrogen-bond acceptors (Lipinski definition) is 4. The lowest BCUT2D eigenvalue weighted by Gasteiger charge is -2.30. The van der Waals surface area contributed by atoms with Crippen molar-refractivity contribution >= 4 is 55.8 Å². The van der Waals surface area contributed by atoms with Crippen molar-refractivity contribution < 1.29 is 8.42 Å². The van der Waals surface area contributed by atoms with E-state index in [1.807, 2.05) is 62.3 Å². The minimum atomic E-state index is -0.755. The highest BCUT2D eigenvalue weighted by molar-refractivity contribution is 7.87. The molecule has 0 saturated carbocycles. The summed E-state index contributed by atoms with van der Waals surface area (Å²) in [6.07, 6.45) is 1.05. The van der Waals surface area contributed by atoms with Crippen molar-refractivity contribution in [2.45, 2.75) is 187 Å². The van der Waals surface area contributed by atoms with Gasteiger partial charge < -0.3 is 0 Å². The number of hydrogen-bond donors (Lipinski definition) is 0. The van der Waals surface area contributed by atoms with E-state index >= 15 is 0 Å². The van der Waals surface area contributed by atoms with E-state index in [4.69, 9.17) is 24.4 Å². The molecule has 0 N–H and O–H groups in total. The van der Waals surface area contributed by atoms with Crippen LogP contribution in [0.25, 0.3) is 0 Å². The normalized spacial score (nSPS) is 14.4. The lowest BCUT2D eigenvalue weighted by atomic mass is 9.77. The second kappa shape index (κ2) is 17.4. The van der Waals surface area contributed by atoms with Crippen LogP contribution in [0.2, 0.25) is 0 Å². The molecule has 0 bridgehead atoms. The van der Waals surface area contributed by atoms with Gasteiger partial charge in [0.1, 0.15) is 0 Å². The first-order valence-electron chi connectivity index (χ1n) is 15.5. The van der Waals surface area contributed by atoms with Crippen LogP contribution in [0.5, 0.6) is 0 Å². The zero-order valence-electron chi connectivity index (χ0n) is 32.9. The summed E-state index contributed by atoms with van der Waals surface area (Å²) in [4.78, 5) is 2.34. The van der Waals surface area contributed by atoms with Crippen LogP contribution in [0.3, 0.4) is 0 Å². The minimum absolute atomic E-state index is 0.0622. The second-order valence-electron chi connectivity index (χ2n) is 19.9. The van der Waals surface area contributed by atoms with Crippen LogP contribution in [0.15, 0.2) is 0 Å². The van der Waals surface area contributed by atoms with Crippen molar-refractivity contribution in [1.29, 1.82) is 0 Å². The lowest BCUT2D eigenvalue weighted by molar-refractivity contribution is 0.418. The third kappa shape index (κ3) is 29.2. The van der Waals surface area contributed by atoms with Crippen LogP contribution in [-0.2, 0) is 21.6 Å². The summed E-state index contributed by atoms with van der Waals surface area (Å²) in [5.74, 6) is 0.788. The molecule has 6 heteroatoms. The smallest absolute Gasteiger partial charge is 0.0380 e. The molecule has 0 radical (unpaired) electrons. The van der Waals surface area contributed by atoms with Gasteiger partial charge in [0, 0.05) is 46.5 Å². The predicted molar refractivity (Wildman–Crippen MR) is 207 cm³/mol. The van der Waals surface area contributed by atoms with Crippen LogP contribution < -0.4 is 0 Å². The van der Waals surface area contributed by atoms with Crippen molar-refractivity contribution in [2.24, 2.45) is 27.1 Å². The van der Waals surface area contributed by atoms with Crippen LogP contribution in [0, 0.1) is 27.1 Å². The van der Waals surface area contributed by atoms with Gasteiger partial charge in [-0.25, -0.2) is 0 Å². The number of thiocarbonyl (C=S) groups is 2. The minimum Gasteiger partial charge on any atom is -0.259 e. The molecule has 2 nitrogen and oxygen atoms in total. The van der Waals surface area contributed by atoms with Crippen LogP contribution in [-0.4, -0.2) is 38.1 Å². The highest BCUT2D eigenvalue weighted by Crippen LogP contribution is 2.30. The largest absolute Gasteiger partial charge is 0.259 e. The molecule has 0 saturated heterocycles. The first kappa shape index (κ1) is 49.4. The zero-order chi connectivity index (χ0) is 35.7. The topological polar surface area (TPSA) is 34.1 Å². The molecule has 0 rings (SSSR count). The van der Waals surface area contributed by atoms with E-state index in [0.717, 1.165) is 17.0 Å². The Labute approximate surface area is 282 Å². The summed E-state index contributed by atoms with van der Waals surface area (Å²) in [6, 6.07) is 0. The molecular weight excluding hydrogens is 593 g/mol. The Balaban J connectivity index is -0.000000229. The van der Waals surface area contributed by atoms with Crippen LogP contribution in [0.1, 0.15) is 173 Å². The zero-order valence-corrected chi connectivity index (χ0v) is 36.1.